The molecule has 1 nitrogen and oxygen atoms in total. The molecule has 3 aliphatic carbocycles. The fourth-order valence-corrected chi connectivity index (χ4v) is 3.39. The molecule has 4 rings (SSSR count). The van der Waals surface area contributed by atoms with Crippen LogP contribution < -0.4 is 4.74 Å². The van der Waals surface area contributed by atoms with Crippen molar-refractivity contribution in [3.05, 3.63) is 76.9 Å². The first-order chi connectivity index (χ1) is 9.73. The second-order valence-corrected chi connectivity index (χ2v) is 5.97. The fourth-order valence-electron chi connectivity index (χ4n) is 3.39. The Morgan fingerprint density at radius 1 is 1.20 bits per heavy atom. The van der Waals surface area contributed by atoms with Crippen LogP contribution in [0.3, 0.4) is 0 Å². The molecular formula is C19H18O. The maximum atomic E-state index is 5.36. The van der Waals surface area contributed by atoms with Crippen molar-refractivity contribution in [1.29, 1.82) is 0 Å². The predicted molar refractivity (Wildman–Crippen MR) is 82.0 cm³/mol. The smallest absolute Gasteiger partial charge is 0.121 e. The lowest BCUT2D eigenvalue weighted by molar-refractivity contribution is 0.411. The number of benzene rings is 1. The molecule has 100 valence electrons. The molecule has 0 radical (unpaired) electrons. The summed E-state index contributed by atoms with van der Waals surface area (Å²) in [6.45, 7) is 2.12. The fraction of sp³-hybridized carbons (Fsp3) is 0.263. The Bertz CT molecular complexity index is 702. The van der Waals surface area contributed by atoms with Gasteiger partial charge in [0, 0.05) is 5.41 Å². The molecule has 2 unspecified atom stereocenters. The maximum Gasteiger partial charge on any atom is 0.121 e. The summed E-state index contributed by atoms with van der Waals surface area (Å²) in [4.78, 5) is 0. The number of methoxy groups -OCH3 is 1. The zero-order valence-electron chi connectivity index (χ0n) is 11.9. The van der Waals surface area contributed by atoms with E-state index in [-0.39, 0.29) is 5.41 Å². The van der Waals surface area contributed by atoms with E-state index in [0.29, 0.717) is 5.92 Å². The number of ether oxygens (including phenoxy) is 1. The highest BCUT2D eigenvalue weighted by Crippen LogP contribution is 2.59. The monoisotopic (exact) mass is 262 g/mol. The minimum Gasteiger partial charge on any atom is -0.496 e. The predicted octanol–water partition coefficient (Wildman–Crippen LogP) is 4.25. The lowest BCUT2D eigenvalue weighted by Crippen LogP contribution is -2.10. The molecule has 1 aromatic carbocycles. The third kappa shape index (κ3) is 1.56. The molecule has 0 spiro atoms. The van der Waals surface area contributed by atoms with E-state index in [4.69, 9.17) is 4.74 Å². The Kier molecular flexibility index (Phi) is 2.35. The van der Waals surface area contributed by atoms with Gasteiger partial charge < -0.3 is 4.74 Å². The van der Waals surface area contributed by atoms with E-state index in [9.17, 15) is 0 Å². The zero-order chi connectivity index (χ0) is 13.7. The van der Waals surface area contributed by atoms with Gasteiger partial charge in [0.15, 0.2) is 0 Å². The van der Waals surface area contributed by atoms with Crippen LogP contribution >= 0.6 is 0 Å². The van der Waals surface area contributed by atoms with Crippen molar-refractivity contribution in [3.8, 4) is 5.75 Å². The van der Waals surface area contributed by atoms with Crippen molar-refractivity contribution in [2.45, 2.75) is 18.8 Å². The molecule has 0 heterocycles. The van der Waals surface area contributed by atoms with E-state index in [1.54, 1.807) is 7.11 Å². The number of hydrogen-bond donors (Lipinski definition) is 0. The van der Waals surface area contributed by atoms with Crippen molar-refractivity contribution < 1.29 is 4.74 Å². The zero-order valence-corrected chi connectivity index (χ0v) is 11.9. The normalized spacial score (nSPS) is 29.2. The molecule has 0 aromatic heterocycles. The summed E-state index contributed by atoms with van der Waals surface area (Å²) in [5.41, 5.74) is 5.64. The van der Waals surface area contributed by atoms with Gasteiger partial charge in [-0.1, -0.05) is 48.6 Å². The Morgan fingerprint density at radius 2 is 2.05 bits per heavy atom. The average Bonchev–Trinajstić information content (AvgIpc) is 3.11. The molecule has 0 amide bonds. The van der Waals surface area contributed by atoms with Crippen LogP contribution in [-0.2, 0) is 5.41 Å². The van der Waals surface area contributed by atoms with Crippen LogP contribution in [0.15, 0.2) is 65.8 Å². The van der Waals surface area contributed by atoms with Crippen LogP contribution in [0.2, 0.25) is 0 Å². The molecule has 1 fully saturated rings. The number of allylic oxidation sites excluding steroid dienone is 8. The van der Waals surface area contributed by atoms with Crippen LogP contribution in [0, 0.1) is 12.8 Å². The molecule has 3 aliphatic rings. The van der Waals surface area contributed by atoms with Gasteiger partial charge in [0.2, 0.25) is 0 Å². The molecule has 0 aliphatic heterocycles. The van der Waals surface area contributed by atoms with Crippen LogP contribution in [0.25, 0.3) is 0 Å². The molecule has 0 bridgehead atoms. The summed E-state index contributed by atoms with van der Waals surface area (Å²) in [7, 11) is 1.73. The van der Waals surface area contributed by atoms with Gasteiger partial charge in [0.1, 0.15) is 5.75 Å². The third-order valence-electron chi connectivity index (χ3n) is 4.82. The Balaban J connectivity index is 1.64. The van der Waals surface area contributed by atoms with Gasteiger partial charge in [0.25, 0.3) is 0 Å². The second kappa shape index (κ2) is 3.99. The molecule has 20 heavy (non-hydrogen) atoms. The first-order valence-electron chi connectivity index (χ1n) is 7.18. The highest BCUT2D eigenvalue weighted by molar-refractivity contribution is 5.60. The summed E-state index contributed by atoms with van der Waals surface area (Å²) >= 11 is 0. The highest BCUT2D eigenvalue weighted by atomic mass is 16.5. The number of fused-ring (bicyclic) bond motifs is 1. The number of aryl methyl sites for hydroxylation is 1. The summed E-state index contributed by atoms with van der Waals surface area (Å²) in [5, 5.41) is 0. The van der Waals surface area contributed by atoms with E-state index in [2.05, 4.69) is 61.6 Å². The lowest BCUT2D eigenvalue weighted by atomic mass is 9.85. The highest BCUT2D eigenvalue weighted by Gasteiger charge is 2.53. The SMILES string of the molecule is COc1ccc(C23C=CC(C4=CC=C4)=CC2C3)cc1C. The third-order valence-corrected chi connectivity index (χ3v) is 4.82. The summed E-state index contributed by atoms with van der Waals surface area (Å²) in [5.74, 6) is 1.63. The lowest BCUT2D eigenvalue weighted by Gasteiger charge is -2.20. The van der Waals surface area contributed by atoms with Crippen LogP contribution in [-0.4, -0.2) is 7.11 Å². The summed E-state index contributed by atoms with van der Waals surface area (Å²) in [6.07, 6.45) is 14.8. The van der Waals surface area contributed by atoms with Crippen LogP contribution in [0.1, 0.15) is 17.5 Å². The molecule has 0 saturated heterocycles. The molecule has 1 heteroatoms. The van der Waals surface area contributed by atoms with Crippen molar-refractivity contribution in [2.75, 3.05) is 7.11 Å². The molecular weight excluding hydrogens is 244 g/mol. The molecule has 0 N–H and O–H groups in total. The Morgan fingerprint density at radius 3 is 2.65 bits per heavy atom. The molecule has 1 aromatic rings. The van der Waals surface area contributed by atoms with Gasteiger partial charge in [0.05, 0.1) is 7.11 Å². The Hall–Kier alpha value is -2.02. The van der Waals surface area contributed by atoms with Crippen molar-refractivity contribution in [3.63, 3.8) is 0 Å². The van der Waals surface area contributed by atoms with Gasteiger partial charge in [-0.2, -0.15) is 0 Å². The maximum absolute atomic E-state index is 5.36. The van der Waals surface area contributed by atoms with E-state index in [1.807, 2.05) is 0 Å². The van der Waals surface area contributed by atoms with E-state index in [1.165, 1.54) is 28.7 Å². The van der Waals surface area contributed by atoms with Crippen molar-refractivity contribution >= 4 is 0 Å². The number of rotatable bonds is 3. The van der Waals surface area contributed by atoms with E-state index in [0.717, 1.165) is 5.75 Å². The topological polar surface area (TPSA) is 9.23 Å². The number of hydrogen-bond acceptors (Lipinski definition) is 1. The van der Waals surface area contributed by atoms with Crippen molar-refractivity contribution in [1.82, 2.24) is 0 Å². The van der Waals surface area contributed by atoms with Gasteiger partial charge in [-0.25, -0.2) is 0 Å². The molecule has 2 atom stereocenters. The Labute approximate surface area is 120 Å². The van der Waals surface area contributed by atoms with Gasteiger partial charge in [-0.3, -0.25) is 0 Å². The van der Waals surface area contributed by atoms with Crippen LogP contribution in [0.4, 0.5) is 0 Å². The first kappa shape index (κ1) is 11.8. The van der Waals surface area contributed by atoms with E-state index >= 15 is 0 Å². The minimum absolute atomic E-state index is 0.245. The van der Waals surface area contributed by atoms with Gasteiger partial charge in [-0.05, 0) is 47.6 Å². The standard InChI is InChI=1S/C19H18O/c1-13-10-16(6-7-18(13)20-2)19-9-8-15(11-17(19)12-19)14-4-3-5-14/h3-11,17H,12H2,1-2H3. The average molecular weight is 262 g/mol. The summed E-state index contributed by atoms with van der Waals surface area (Å²) < 4.78 is 5.36. The summed E-state index contributed by atoms with van der Waals surface area (Å²) in [6, 6.07) is 6.60. The van der Waals surface area contributed by atoms with Crippen LogP contribution in [0.5, 0.6) is 5.75 Å². The minimum atomic E-state index is 0.245. The second-order valence-electron chi connectivity index (χ2n) is 5.97. The van der Waals surface area contributed by atoms with Gasteiger partial charge >= 0.3 is 0 Å². The van der Waals surface area contributed by atoms with Crippen molar-refractivity contribution in [2.24, 2.45) is 5.92 Å². The quantitative estimate of drug-likeness (QED) is 0.791. The largest absolute Gasteiger partial charge is 0.496 e. The van der Waals surface area contributed by atoms with Gasteiger partial charge in [-0.15, -0.1) is 0 Å². The van der Waals surface area contributed by atoms with E-state index < -0.39 is 0 Å². The first-order valence-corrected chi connectivity index (χ1v) is 7.18. The molecule has 1 saturated carbocycles.